The Morgan fingerprint density at radius 2 is 1.85 bits per heavy atom. The predicted octanol–water partition coefficient (Wildman–Crippen LogP) is 5.50. The number of anilines is 1. The van der Waals surface area contributed by atoms with Gasteiger partial charge >= 0.3 is 0 Å². The van der Waals surface area contributed by atoms with Gasteiger partial charge in [-0.15, -0.1) is 0 Å². The van der Waals surface area contributed by atoms with Crippen LogP contribution in [-0.2, 0) is 6.54 Å². The lowest BCUT2D eigenvalue weighted by Crippen LogP contribution is -2.05. The monoisotopic (exact) mass is 353 g/mol. The van der Waals surface area contributed by atoms with Gasteiger partial charge in [0, 0.05) is 21.7 Å². The molecule has 0 fully saturated rings. The van der Waals surface area contributed by atoms with Crippen molar-refractivity contribution in [3.8, 4) is 5.75 Å². The van der Waals surface area contributed by atoms with Crippen molar-refractivity contribution in [1.29, 1.82) is 0 Å². The topological polar surface area (TPSA) is 21.3 Å². The average molecular weight is 355 g/mol. The highest BCUT2D eigenvalue weighted by molar-refractivity contribution is 9.10. The van der Waals surface area contributed by atoms with E-state index < -0.39 is 0 Å². The minimum absolute atomic E-state index is 0.191. The van der Waals surface area contributed by atoms with Gasteiger partial charge in [0.25, 0.3) is 0 Å². The molecular formula is C16H17BrClNO. The van der Waals surface area contributed by atoms with Crippen molar-refractivity contribution in [2.45, 2.75) is 26.5 Å². The van der Waals surface area contributed by atoms with Gasteiger partial charge in [-0.05, 0) is 61.9 Å². The van der Waals surface area contributed by atoms with Gasteiger partial charge in [-0.2, -0.15) is 0 Å². The van der Waals surface area contributed by atoms with Crippen molar-refractivity contribution in [3.63, 3.8) is 0 Å². The molecule has 0 atom stereocenters. The smallest absolute Gasteiger partial charge is 0.119 e. The second-order valence-corrected chi connectivity index (χ2v) is 6.07. The van der Waals surface area contributed by atoms with E-state index in [1.165, 1.54) is 0 Å². The zero-order chi connectivity index (χ0) is 14.5. The molecule has 2 rings (SSSR count). The summed E-state index contributed by atoms with van der Waals surface area (Å²) in [6.07, 6.45) is 0.191. The third-order valence-electron chi connectivity index (χ3n) is 2.72. The molecule has 0 aliphatic rings. The van der Waals surface area contributed by atoms with Gasteiger partial charge < -0.3 is 10.1 Å². The highest BCUT2D eigenvalue weighted by Crippen LogP contribution is 2.23. The van der Waals surface area contributed by atoms with Gasteiger partial charge in [-0.1, -0.05) is 27.5 Å². The van der Waals surface area contributed by atoms with Crippen LogP contribution in [0.25, 0.3) is 0 Å². The molecule has 0 unspecified atom stereocenters. The third kappa shape index (κ3) is 4.43. The molecule has 4 heteroatoms. The van der Waals surface area contributed by atoms with E-state index in [4.69, 9.17) is 16.3 Å². The molecule has 0 heterocycles. The fraction of sp³-hybridized carbons (Fsp3) is 0.250. The molecule has 1 N–H and O–H groups in total. The van der Waals surface area contributed by atoms with Gasteiger partial charge in [-0.25, -0.2) is 0 Å². The summed E-state index contributed by atoms with van der Waals surface area (Å²) in [6.45, 7) is 4.75. The Kier molecular flexibility index (Phi) is 5.32. The normalized spacial score (nSPS) is 10.7. The Morgan fingerprint density at radius 3 is 2.50 bits per heavy atom. The number of hydrogen-bond donors (Lipinski definition) is 1. The van der Waals surface area contributed by atoms with Crippen LogP contribution in [0.4, 0.5) is 5.69 Å². The largest absolute Gasteiger partial charge is 0.491 e. The van der Waals surface area contributed by atoms with E-state index in [2.05, 4.69) is 21.2 Å². The number of ether oxygens (including phenoxy) is 1. The maximum Gasteiger partial charge on any atom is 0.119 e. The standard InChI is InChI=1S/C16H17BrClNO/c1-11(2)20-15-6-4-14(5-7-15)19-10-12-9-13(18)3-8-16(12)17/h3-9,11,19H,10H2,1-2H3. The van der Waals surface area contributed by atoms with Crippen LogP contribution in [0.2, 0.25) is 5.02 Å². The lowest BCUT2D eigenvalue weighted by atomic mass is 10.2. The first-order valence-corrected chi connectivity index (χ1v) is 7.66. The summed E-state index contributed by atoms with van der Waals surface area (Å²) in [7, 11) is 0. The van der Waals surface area contributed by atoms with Crippen LogP contribution in [0.5, 0.6) is 5.75 Å². The van der Waals surface area contributed by atoms with E-state index in [1.807, 2.05) is 56.3 Å². The maximum absolute atomic E-state index is 6.00. The molecule has 0 spiro atoms. The summed E-state index contributed by atoms with van der Waals surface area (Å²) >= 11 is 9.53. The van der Waals surface area contributed by atoms with Gasteiger partial charge in [0.05, 0.1) is 6.10 Å². The van der Waals surface area contributed by atoms with E-state index in [1.54, 1.807) is 0 Å². The molecule has 0 aromatic heterocycles. The predicted molar refractivity (Wildman–Crippen MR) is 88.7 cm³/mol. The SMILES string of the molecule is CC(C)Oc1ccc(NCc2cc(Cl)ccc2Br)cc1. The molecule has 0 aliphatic heterocycles. The molecule has 106 valence electrons. The van der Waals surface area contributed by atoms with Crippen LogP contribution < -0.4 is 10.1 Å². The lowest BCUT2D eigenvalue weighted by molar-refractivity contribution is 0.242. The van der Waals surface area contributed by atoms with Gasteiger partial charge in [0.15, 0.2) is 0 Å². The number of nitrogens with one attached hydrogen (secondary N) is 1. The zero-order valence-electron chi connectivity index (χ0n) is 11.5. The summed E-state index contributed by atoms with van der Waals surface area (Å²) in [6, 6.07) is 13.7. The molecule has 0 saturated heterocycles. The van der Waals surface area contributed by atoms with Crippen LogP contribution in [0.3, 0.4) is 0 Å². The molecule has 0 saturated carbocycles. The van der Waals surface area contributed by atoms with E-state index >= 15 is 0 Å². The Bertz CT molecular complexity index is 569. The van der Waals surface area contributed by atoms with Crippen molar-refractivity contribution in [2.24, 2.45) is 0 Å². The number of rotatable bonds is 5. The van der Waals surface area contributed by atoms with E-state index in [-0.39, 0.29) is 6.10 Å². The van der Waals surface area contributed by atoms with E-state index in [9.17, 15) is 0 Å². The Balaban J connectivity index is 1.98. The number of halogens is 2. The Hall–Kier alpha value is -1.19. The van der Waals surface area contributed by atoms with Crippen molar-refractivity contribution in [2.75, 3.05) is 5.32 Å². The summed E-state index contributed by atoms with van der Waals surface area (Å²) < 4.78 is 6.66. The van der Waals surface area contributed by atoms with Crippen LogP contribution in [0, 0.1) is 0 Å². The number of benzene rings is 2. The fourth-order valence-corrected chi connectivity index (χ4v) is 2.38. The summed E-state index contributed by atoms with van der Waals surface area (Å²) in [5, 5.41) is 4.11. The molecule has 2 nitrogen and oxygen atoms in total. The molecular weight excluding hydrogens is 338 g/mol. The van der Waals surface area contributed by atoms with Crippen LogP contribution in [0.15, 0.2) is 46.9 Å². The molecule has 0 bridgehead atoms. The van der Waals surface area contributed by atoms with Crippen LogP contribution in [-0.4, -0.2) is 6.10 Å². The van der Waals surface area contributed by atoms with E-state index in [0.29, 0.717) is 6.54 Å². The quantitative estimate of drug-likeness (QED) is 0.765. The molecule has 2 aromatic carbocycles. The second kappa shape index (κ2) is 7.00. The fourth-order valence-electron chi connectivity index (χ4n) is 1.80. The Labute approximate surface area is 133 Å². The molecule has 0 aliphatic carbocycles. The Morgan fingerprint density at radius 1 is 1.15 bits per heavy atom. The molecule has 2 aromatic rings. The summed E-state index contributed by atoms with van der Waals surface area (Å²) in [4.78, 5) is 0. The van der Waals surface area contributed by atoms with Crippen molar-refractivity contribution in [1.82, 2.24) is 0 Å². The lowest BCUT2D eigenvalue weighted by Gasteiger charge is -2.12. The zero-order valence-corrected chi connectivity index (χ0v) is 13.8. The van der Waals surface area contributed by atoms with Gasteiger partial charge in [0.2, 0.25) is 0 Å². The van der Waals surface area contributed by atoms with Crippen molar-refractivity contribution in [3.05, 3.63) is 57.5 Å². The third-order valence-corrected chi connectivity index (χ3v) is 3.73. The van der Waals surface area contributed by atoms with Gasteiger partial charge in [0.1, 0.15) is 5.75 Å². The highest BCUT2D eigenvalue weighted by atomic mass is 79.9. The summed E-state index contributed by atoms with van der Waals surface area (Å²) in [5.74, 6) is 0.884. The second-order valence-electron chi connectivity index (χ2n) is 4.78. The molecule has 0 amide bonds. The molecule has 20 heavy (non-hydrogen) atoms. The van der Waals surface area contributed by atoms with E-state index in [0.717, 1.165) is 26.5 Å². The average Bonchev–Trinajstić information content (AvgIpc) is 2.41. The minimum atomic E-state index is 0.191. The minimum Gasteiger partial charge on any atom is -0.491 e. The molecule has 0 radical (unpaired) electrons. The van der Waals surface area contributed by atoms with Crippen LogP contribution >= 0.6 is 27.5 Å². The first kappa shape index (κ1) is 15.2. The number of hydrogen-bond acceptors (Lipinski definition) is 2. The highest BCUT2D eigenvalue weighted by Gasteiger charge is 2.02. The first-order chi connectivity index (χ1) is 9.54. The van der Waals surface area contributed by atoms with Crippen molar-refractivity contribution < 1.29 is 4.74 Å². The van der Waals surface area contributed by atoms with Gasteiger partial charge in [-0.3, -0.25) is 0 Å². The first-order valence-electron chi connectivity index (χ1n) is 6.49. The summed E-state index contributed by atoms with van der Waals surface area (Å²) in [5.41, 5.74) is 2.17. The van der Waals surface area contributed by atoms with Crippen LogP contribution in [0.1, 0.15) is 19.4 Å². The maximum atomic E-state index is 6.00. The van der Waals surface area contributed by atoms with Crippen molar-refractivity contribution >= 4 is 33.2 Å².